The molecule has 1 aliphatic rings. The Hall–Kier alpha value is -8.25. The maximum Gasteiger partial charge on any atom is 0.335 e. The molecule has 0 unspecified atom stereocenters. The van der Waals surface area contributed by atoms with Crippen LogP contribution in [0, 0.1) is 0 Å². The van der Waals surface area contributed by atoms with Gasteiger partial charge in [-0.05, 0) is 70.8 Å². The van der Waals surface area contributed by atoms with Crippen LogP contribution < -0.4 is 20.3 Å². The number of nitrogens with zero attached hydrogens (tertiary/aromatic N) is 8. The van der Waals surface area contributed by atoms with Crippen molar-refractivity contribution in [3.63, 3.8) is 0 Å². The van der Waals surface area contributed by atoms with Gasteiger partial charge in [-0.2, -0.15) is 15.0 Å². The van der Waals surface area contributed by atoms with E-state index in [-0.39, 0.29) is 57.7 Å². The number of morpholine rings is 1. The number of carboxylic acid groups (broad SMARTS) is 2. The first-order valence-corrected chi connectivity index (χ1v) is 19.3. The molecule has 8 rings (SSSR count). The van der Waals surface area contributed by atoms with Crippen LogP contribution in [-0.4, -0.2) is 87.3 Å². The van der Waals surface area contributed by atoms with Crippen molar-refractivity contribution in [2.24, 2.45) is 20.5 Å². The molecule has 62 heavy (non-hydrogen) atoms. The molecule has 0 spiro atoms. The van der Waals surface area contributed by atoms with E-state index < -0.39 is 18.5 Å². The Kier molecular flexibility index (Phi) is 11.7. The third-order valence-electron chi connectivity index (χ3n) is 9.90. The number of aromatic hydroxyl groups is 2. The molecule has 18 heteroatoms. The van der Waals surface area contributed by atoms with Gasteiger partial charge in [-0.1, -0.05) is 54.6 Å². The average molecular weight is 835 g/mol. The summed E-state index contributed by atoms with van der Waals surface area (Å²) in [4.78, 5) is 38.2. The highest BCUT2D eigenvalue weighted by Gasteiger charge is 2.20. The maximum atomic E-state index is 11.5. The Labute approximate surface area is 352 Å². The van der Waals surface area contributed by atoms with Gasteiger partial charge in [0.15, 0.2) is 5.75 Å². The topological polar surface area (TPSA) is 249 Å². The van der Waals surface area contributed by atoms with Crippen molar-refractivity contribution in [3.05, 3.63) is 120 Å². The SMILES string of the molecule is COc1cc(N=Nc2cccc3cccc(O)c23)c(Nc2nc(NCC(=O)O)nc(N3CCOCC3)n2)cc1N=Nc1ccc2ccc(Cc3ccc(C(=O)O)cc3)cc2c1O. The minimum absolute atomic E-state index is 0.0141. The Balaban J connectivity index is 1.17. The smallest absolute Gasteiger partial charge is 0.335 e. The molecule has 2 heterocycles. The molecular formula is C44H38N10O8. The number of fused-ring (bicyclic) bond motifs is 2. The van der Waals surface area contributed by atoms with E-state index in [9.17, 15) is 30.0 Å². The zero-order valence-electron chi connectivity index (χ0n) is 33.1. The van der Waals surface area contributed by atoms with Crippen molar-refractivity contribution in [2.75, 3.05) is 55.5 Å². The van der Waals surface area contributed by atoms with Crippen molar-refractivity contribution in [3.8, 4) is 17.2 Å². The summed E-state index contributed by atoms with van der Waals surface area (Å²) in [5.74, 6) is -1.58. The highest BCUT2D eigenvalue weighted by Crippen LogP contribution is 2.43. The Morgan fingerprint density at radius 1 is 0.742 bits per heavy atom. The standard InChI is InChI=1S/C44H38N10O8/c1-61-37-23-34(52-50-31-6-2-4-28-5-3-7-36(55)39(28)31)33(46-43-47-42(45-24-38(56)57)48-44(49-43)54-16-18-62-19-17-54)22-35(37)53-51-32-15-14-27-11-10-26(21-30(27)40(32)58)20-25-8-12-29(13-9-25)41(59)60/h2-15,21-23,55,58H,16-20,24H2,1H3,(H,56,57)(H,59,60)(H2,45,46,47,48,49). The molecule has 0 bridgehead atoms. The van der Waals surface area contributed by atoms with Gasteiger partial charge in [-0.15, -0.1) is 20.5 Å². The number of carboxylic acids is 2. The van der Waals surface area contributed by atoms with Gasteiger partial charge in [0.25, 0.3) is 0 Å². The fraction of sp³-hybridized carbons (Fsp3) is 0.159. The number of nitrogens with one attached hydrogen (secondary N) is 2. The fourth-order valence-corrected chi connectivity index (χ4v) is 6.79. The molecule has 0 atom stereocenters. The van der Waals surface area contributed by atoms with E-state index in [1.165, 1.54) is 7.11 Å². The molecule has 0 radical (unpaired) electrons. The van der Waals surface area contributed by atoms with Gasteiger partial charge in [0.05, 0.1) is 42.6 Å². The number of rotatable bonds is 14. The highest BCUT2D eigenvalue weighted by molar-refractivity contribution is 5.97. The zero-order chi connectivity index (χ0) is 43.2. The molecule has 1 aromatic heterocycles. The largest absolute Gasteiger partial charge is 0.507 e. The lowest BCUT2D eigenvalue weighted by atomic mass is 9.99. The van der Waals surface area contributed by atoms with Crippen LogP contribution in [0.5, 0.6) is 17.2 Å². The van der Waals surface area contributed by atoms with Gasteiger partial charge < -0.3 is 45.4 Å². The van der Waals surface area contributed by atoms with Crippen molar-refractivity contribution < 1.29 is 39.5 Å². The summed E-state index contributed by atoms with van der Waals surface area (Å²) in [6.45, 7) is 1.45. The number of anilines is 4. The summed E-state index contributed by atoms with van der Waals surface area (Å²) in [5, 5.41) is 67.3. The van der Waals surface area contributed by atoms with Crippen molar-refractivity contribution in [1.82, 2.24) is 15.0 Å². The number of benzene rings is 6. The van der Waals surface area contributed by atoms with Crippen molar-refractivity contribution in [1.29, 1.82) is 0 Å². The van der Waals surface area contributed by atoms with Crippen LogP contribution in [0.4, 0.5) is 46.3 Å². The van der Waals surface area contributed by atoms with E-state index in [1.807, 2.05) is 41.3 Å². The number of methoxy groups -OCH3 is 1. The monoisotopic (exact) mass is 834 g/mol. The number of aromatic nitrogens is 3. The first-order valence-electron chi connectivity index (χ1n) is 19.3. The molecule has 312 valence electrons. The molecular weight excluding hydrogens is 797 g/mol. The first-order chi connectivity index (χ1) is 30.1. The average Bonchev–Trinajstić information content (AvgIpc) is 3.28. The summed E-state index contributed by atoms with van der Waals surface area (Å²) in [7, 11) is 1.45. The normalized spacial score (nSPS) is 13.0. The second kappa shape index (κ2) is 17.9. The zero-order valence-corrected chi connectivity index (χ0v) is 33.1. The summed E-state index contributed by atoms with van der Waals surface area (Å²) >= 11 is 0. The molecule has 0 amide bonds. The minimum Gasteiger partial charge on any atom is -0.507 e. The number of carbonyl (C=O) groups is 2. The Morgan fingerprint density at radius 3 is 2.19 bits per heavy atom. The number of hydrogen-bond donors (Lipinski definition) is 6. The Morgan fingerprint density at radius 2 is 1.44 bits per heavy atom. The predicted molar refractivity (Wildman–Crippen MR) is 231 cm³/mol. The van der Waals surface area contributed by atoms with E-state index in [4.69, 9.17) is 9.47 Å². The molecule has 7 aromatic rings. The van der Waals surface area contributed by atoms with Gasteiger partial charge in [0.2, 0.25) is 17.8 Å². The molecule has 1 fully saturated rings. The van der Waals surface area contributed by atoms with Crippen molar-refractivity contribution >= 4 is 79.8 Å². The third kappa shape index (κ3) is 9.14. The number of hydrogen-bond acceptors (Lipinski definition) is 16. The van der Waals surface area contributed by atoms with E-state index >= 15 is 0 Å². The van der Waals surface area contributed by atoms with Crippen LogP contribution >= 0.6 is 0 Å². The molecule has 6 aromatic carbocycles. The van der Waals surface area contributed by atoms with Crippen LogP contribution in [0.15, 0.2) is 124 Å². The van der Waals surface area contributed by atoms with Crippen LogP contribution in [-0.2, 0) is 16.0 Å². The maximum absolute atomic E-state index is 11.5. The van der Waals surface area contributed by atoms with E-state index in [2.05, 4.69) is 46.0 Å². The van der Waals surface area contributed by atoms with Crippen LogP contribution in [0.1, 0.15) is 21.5 Å². The summed E-state index contributed by atoms with van der Waals surface area (Å²) in [5.41, 5.74) is 3.34. The number of aromatic carboxylic acids is 1. The number of phenols is 2. The van der Waals surface area contributed by atoms with Gasteiger partial charge in [0.1, 0.15) is 35.1 Å². The van der Waals surface area contributed by atoms with E-state index in [0.29, 0.717) is 54.9 Å². The van der Waals surface area contributed by atoms with Gasteiger partial charge in [-0.3, -0.25) is 4.79 Å². The van der Waals surface area contributed by atoms with Crippen molar-refractivity contribution in [2.45, 2.75) is 6.42 Å². The first kappa shape index (κ1) is 40.5. The lowest BCUT2D eigenvalue weighted by Gasteiger charge is -2.27. The second-order valence-corrected chi connectivity index (χ2v) is 14.0. The predicted octanol–water partition coefficient (Wildman–Crippen LogP) is 8.79. The van der Waals surface area contributed by atoms with Gasteiger partial charge >= 0.3 is 11.9 Å². The fourth-order valence-electron chi connectivity index (χ4n) is 6.79. The summed E-state index contributed by atoms with van der Waals surface area (Å²) < 4.78 is 11.2. The summed E-state index contributed by atoms with van der Waals surface area (Å²) in [6, 6.07) is 29.5. The number of azo groups is 2. The highest BCUT2D eigenvalue weighted by atomic mass is 16.5. The molecule has 1 aliphatic heterocycles. The Bertz CT molecular complexity index is 2880. The lowest BCUT2D eigenvalue weighted by Crippen LogP contribution is -2.37. The van der Waals surface area contributed by atoms with E-state index in [0.717, 1.165) is 21.9 Å². The van der Waals surface area contributed by atoms with Crippen LogP contribution in [0.2, 0.25) is 0 Å². The molecule has 0 saturated carbocycles. The quantitative estimate of drug-likeness (QED) is 0.0561. The molecule has 0 aliphatic carbocycles. The number of phenolic OH excluding ortho intramolecular Hbond substituents is 2. The third-order valence-corrected chi connectivity index (χ3v) is 9.90. The van der Waals surface area contributed by atoms with Crippen LogP contribution in [0.25, 0.3) is 21.5 Å². The number of ether oxygens (including phenoxy) is 2. The molecule has 1 saturated heterocycles. The minimum atomic E-state index is -1.11. The van der Waals surface area contributed by atoms with Gasteiger partial charge in [-0.25, -0.2) is 4.79 Å². The number of aliphatic carboxylic acids is 1. The van der Waals surface area contributed by atoms with Crippen LogP contribution in [0.3, 0.4) is 0 Å². The van der Waals surface area contributed by atoms with E-state index in [1.54, 1.807) is 66.7 Å². The lowest BCUT2D eigenvalue weighted by molar-refractivity contribution is -0.134. The molecule has 6 N–H and O–H groups in total. The summed E-state index contributed by atoms with van der Waals surface area (Å²) in [6.07, 6.45) is 0.506. The van der Waals surface area contributed by atoms with Gasteiger partial charge in [0, 0.05) is 24.5 Å². The molecule has 18 nitrogen and oxygen atoms in total. The second-order valence-electron chi connectivity index (χ2n) is 14.0.